The molecular formula is C24H27FN2O6S. The first-order valence-electron chi connectivity index (χ1n) is 11.2. The average Bonchev–Trinajstić information content (AvgIpc) is 2.88. The predicted molar refractivity (Wildman–Crippen MR) is 121 cm³/mol. The Morgan fingerprint density at radius 2 is 1.56 bits per heavy atom. The minimum absolute atomic E-state index is 0.00942. The number of hydrogen-bond acceptors (Lipinski definition) is 6. The van der Waals surface area contributed by atoms with Crippen molar-refractivity contribution in [3.05, 3.63) is 66.0 Å². The molecule has 0 aliphatic carbocycles. The summed E-state index contributed by atoms with van der Waals surface area (Å²) in [6, 6.07) is 13.5. The van der Waals surface area contributed by atoms with Crippen LogP contribution in [0.2, 0.25) is 0 Å². The Morgan fingerprint density at radius 1 is 0.941 bits per heavy atom. The zero-order chi connectivity index (χ0) is 24.1. The van der Waals surface area contributed by atoms with E-state index in [1.807, 2.05) is 6.07 Å². The van der Waals surface area contributed by atoms with Crippen LogP contribution in [-0.4, -0.2) is 68.9 Å². The predicted octanol–water partition coefficient (Wildman–Crippen LogP) is 2.37. The van der Waals surface area contributed by atoms with Gasteiger partial charge in [0.25, 0.3) is 5.91 Å². The SMILES string of the molecule is O=C(O[C@@H](C(=O)N1CCOCC1)c1ccccc1)C1CCN(S(=O)(=O)c2ccc(F)cc2)CC1. The molecule has 0 unspecified atom stereocenters. The molecule has 8 nitrogen and oxygen atoms in total. The number of rotatable bonds is 6. The molecule has 1 atom stereocenters. The fraction of sp³-hybridized carbons (Fsp3) is 0.417. The van der Waals surface area contributed by atoms with E-state index in [4.69, 9.17) is 9.47 Å². The third-order valence-electron chi connectivity index (χ3n) is 6.12. The van der Waals surface area contributed by atoms with E-state index in [0.717, 1.165) is 12.1 Å². The highest BCUT2D eigenvalue weighted by Crippen LogP contribution is 2.28. The minimum Gasteiger partial charge on any atom is -0.447 e. The molecule has 2 fully saturated rings. The molecule has 2 aliphatic rings. The molecule has 0 radical (unpaired) electrons. The first kappa shape index (κ1) is 24.3. The molecule has 10 heteroatoms. The number of sulfonamides is 1. The van der Waals surface area contributed by atoms with Gasteiger partial charge in [0.15, 0.2) is 0 Å². The number of carbonyl (C=O) groups excluding carboxylic acids is 2. The number of piperidine rings is 1. The van der Waals surface area contributed by atoms with Gasteiger partial charge in [0.1, 0.15) is 5.82 Å². The highest BCUT2D eigenvalue weighted by molar-refractivity contribution is 7.89. The van der Waals surface area contributed by atoms with Crippen molar-refractivity contribution in [1.82, 2.24) is 9.21 Å². The average molecular weight is 491 g/mol. The number of morpholine rings is 1. The fourth-order valence-electron chi connectivity index (χ4n) is 4.14. The van der Waals surface area contributed by atoms with E-state index in [2.05, 4.69) is 0 Å². The van der Waals surface area contributed by atoms with Gasteiger partial charge in [-0.15, -0.1) is 0 Å². The molecular weight excluding hydrogens is 463 g/mol. The topological polar surface area (TPSA) is 93.2 Å². The molecule has 0 N–H and O–H groups in total. The van der Waals surface area contributed by atoms with E-state index in [1.54, 1.807) is 29.2 Å². The van der Waals surface area contributed by atoms with E-state index < -0.39 is 33.8 Å². The van der Waals surface area contributed by atoms with Crippen LogP contribution < -0.4 is 0 Å². The lowest BCUT2D eigenvalue weighted by atomic mass is 9.98. The van der Waals surface area contributed by atoms with Gasteiger partial charge in [0.05, 0.1) is 24.0 Å². The molecule has 4 rings (SSSR count). The molecule has 2 aliphatic heterocycles. The van der Waals surface area contributed by atoms with Crippen molar-refractivity contribution in [1.29, 1.82) is 0 Å². The summed E-state index contributed by atoms with van der Waals surface area (Å²) in [4.78, 5) is 27.8. The van der Waals surface area contributed by atoms with Crippen LogP contribution in [0.4, 0.5) is 4.39 Å². The normalized spacial score (nSPS) is 18.9. The molecule has 2 aromatic rings. The van der Waals surface area contributed by atoms with Crippen molar-refractivity contribution in [2.75, 3.05) is 39.4 Å². The monoisotopic (exact) mass is 490 g/mol. The van der Waals surface area contributed by atoms with E-state index in [9.17, 15) is 22.4 Å². The van der Waals surface area contributed by atoms with Crippen molar-refractivity contribution >= 4 is 21.9 Å². The number of carbonyl (C=O) groups is 2. The van der Waals surface area contributed by atoms with Crippen molar-refractivity contribution < 1.29 is 31.9 Å². The Kier molecular flexibility index (Phi) is 7.60. The van der Waals surface area contributed by atoms with Gasteiger partial charge in [-0.05, 0) is 37.1 Å². The Morgan fingerprint density at radius 3 is 2.18 bits per heavy atom. The Bertz CT molecular complexity index is 1100. The molecule has 0 aromatic heterocycles. The lowest BCUT2D eigenvalue weighted by molar-refractivity contribution is -0.166. The van der Waals surface area contributed by atoms with Gasteiger partial charge in [-0.25, -0.2) is 12.8 Å². The summed E-state index contributed by atoms with van der Waals surface area (Å²) < 4.78 is 51.2. The van der Waals surface area contributed by atoms with Crippen molar-refractivity contribution in [2.24, 2.45) is 5.92 Å². The number of halogens is 1. The molecule has 34 heavy (non-hydrogen) atoms. The summed E-state index contributed by atoms with van der Waals surface area (Å²) in [6.07, 6.45) is -0.522. The molecule has 0 spiro atoms. The van der Waals surface area contributed by atoms with Gasteiger partial charge in [-0.3, -0.25) is 9.59 Å². The van der Waals surface area contributed by atoms with Crippen LogP contribution in [0.3, 0.4) is 0 Å². The lowest BCUT2D eigenvalue weighted by Crippen LogP contribution is -2.45. The second-order valence-corrected chi connectivity index (χ2v) is 10.2. The summed E-state index contributed by atoms with van der Waals surface area (Å²) in [5, 5.41) is 0. The van der Waals surface area contributed by atoms with Crippen LogP contribution in [-0.2, 0) is 29.1 Å². The van der Waals surface area contributed by atoms with Gasteiger partial charge in [-0.1, -0.05) is 30.3 Å². The second-order valence-electron chi connectivity index (χ2n) is 8.30. The van der Waals surface area contributed by atoms with Crippen LogP contribution in [0.25, 0.3) is 0 Å². The van der Waals surface area contributed by atoms with Crippen LogP contribution in [0.15, 0.2) is 59.5 Å². The summed E-state index contributed by atoms with van der Waals surface area (Å²) in [6.45, 7) is 1.99. The maximum absolute atomic E-state index is 13.2. The molecule has 0 bridgehead atoms. The highest BCUT2D eigenvalue weighted by atomic mass is 32.2. The third kappa shape index (κ3) is 5.45. The molecule has 2 heterocycles. The quantitative estimate of drug-likeness (QED) is 0.578. The number of nitrogens with zero attached hydrogens (tertiary/aromatic N) is 2. The van der Waals surface area contributed by atoms with Gasteiger partial charge in [0.2, 0.25) is 16.1 Å². The van der Waals surface area contributed by atoms with Gasteiger partial charge >= 0.3 is 5.97 Å². The van der Waals surface area contributed by atoms with Crippen molar-refractivity contribution in [3.8, 4) is 0 Å². The zero-order valence-electron chi connectivity index (χ0n) is 18.6. The van der Waals surface area contributed by atoms with Crippen LogP contribution in [0.1, 0.15) is 24.5 Å². The van der Waals surface area contributed by atoms with Crippen LogP contribution in [0, 0.1) is 11.7 Å². The number of esters is 1. The zero-order valence-corrected chi connectivity index (χ0v) is 19.5. The lowest BCUT2D eigenvalue weighted by Gasteiger charge is -2.33. The summed E-state index contributed by atoms with van der Waals surface area (Å²) in [5.41, 5.74) is 0.587. The highest BCUT2D eigenvalue weighted by Gasteiger charge is 2.36. The fourth-order valence-corrected chi connectivity index (χ4v) is 5.61. The van der Waals surface area contributed by atoms with E-state index >= 15 is 0 Å². The summed E-state index contributed by atoms with van der Waals surface area (Å²) in [7, 11) is -3.78. The number of ether oxygens (including phenoxy) is 2. The van der Waals surface area contributed by atoms with E-state index in [0.29, 0.717) is 31.9 Å². The van der Waals surface area contributed by atoms with Gasteiger partial charge < -0.3 is 14.4 Å². The van der Waals surface area contributed by atoms with Gasteiger partial charge in [-0.2, -0.15) is 4.31 Å². The maximum Gasteiger partial charge on any atom is 0.310 e. The molecule has 2 saturated heterocycles. The summed E-state index contributed by atoms with van der Waals surface area (Å²) >= 11 is 0. The molecule has 2 aromatic carbocycles. The Balaban J connectivity index is 1.42. The summed E-state index contributed by atoms with van der Waals surface area (Å²) in [5.74, 6) is -1.85. The first-order chi connectivity index (χ1) is 16.4. The number of hydrogen-bond donors (Lipinski definition) is 0. The minimum atomic E-state index is -3.78. The largest absolute Gasteiger partial charge is 0.447 e. The van der Waals surface area contributed by atoms with Crippen LogP contribution >= 0.6 is 0 Å². The first-order valence-corrected chi connectivity index (χ1v) is 12.7. The van der Waals surface area contributed by atoms with Gasteiger partial charge in [0, 0.05) is 31.7 Å². The molecule has 1 amide bonds. The van der Waals surface area contributed by atoms with Crippen molar-refractivity contribution in [3.63, 3.8) is 0 Å². The van der Waals surface area contributed by atoms with Crippen LogP contribution in [0.5, 0.6) is 0 Å². The third-order valence-corrected chi connectivity index (χ3v) is 8.03. The molecule has 182 valence electrons. The number of benzene rings is 2. The van der Waals surface area contributed by atoms with Crippen molar-refractivity contribution in [2.45, 2.75) is 23.8 Å². The standard InChI is InChI=1S/C24H27FN2O6S/c25-20-6-8-21(9-7-20)34(30,31)27-12-10-19(11-13-27)24(29)33-22(18-4-2-1-3-5-18)23(28)26-14-16-32-17-15-26/h1-9,19,22H,10-17H2/t22-/m1/s1. The Labute approximate surface area is 198 Å². The molecule has 0 saturated carbocycles. The number of amides is 1. The van der Waals surface area contributed by atoms with E-state index in [-0.39, 0.29) is 36.7 Å². The maximum atomic E-state index is 13.2. The smallest absolute Gasteiger partial charge is 0.310 e. The Hall–Kier alpha value is -2.82. The van der Waals surface area contributed by atoms with E-state index in [1.165, 1.54) is 16.4 Å². The second kappa shape index (κ2) is 10.6.